The summed E-state index contributed by atoms with van der Waals surface area (Å²) in [6.07, 6.45) is 9.43. The maximum atomic E-state index is 2.42. The fourth-order valence-electron chi connectivity index (χ4n) is 2.98. The Kier molecular flexibility index (Phi) is 2.79. The molecule has 19 heavy (non-hydrogen) atoms. The van der Waals surface area contributed by atoms with Crippen LogP contribution in [0.3, 0.4) is 0 Å². The molecule has 0 aromatic heterocycles. The second-order valence-electron chi connectivity index (χ2n) is 5.10. The Morgan fingerprint density at radius 2 is 1.16 bits per heavy atom. The van der Waals surface area contributed by atoms with E-state index in [-0.39, 0.29) is 22.0 Å². The normalized spacial score (nSPS) is 22.1. The summed E-state index contributed by atoms with van der Waals surface area (Å²) in [7, 11) is 0. The van der Waals surface area contributed by atoms with E-state index >= 15 is 0 Å². The minimum absolute atomic E-state index is 0. The van der Waals surface area contributed by atoms with Crippen LogP contribution in [-0.4, -0.2) is 0 Å². The molecule has 2 aromatic carbocycles. The summed E-state index contributed by atoms with van der Waals surface area (Å²) < 4.78 is 1.38. The van der Waals surface area contributed by atoms with Crippen LogP contribution in [0.2, 0.25) is 0 Å². The van der Waals surface area contributed by atoms with E-state index in [4.69, 9.17) is 0 Å². The van der Waals surface area contributed by atoms with E-state index in [0.29, 0.717) is 8.45 Å². The van der Waals surface area contributed by atoms with Gasteiger partial charge in [0, 0.05) is 0 Å². The van der Waals surface area contributed by atoms with E-state index in [0.717, 1.165) is 0 Å². The van der Waals surface area contributed by atoms with Crippen molar-refractivity contribution >= 4 is 12.2 Å². The molecule has 0 spiro atoms. The Morgan fingerprint density at radius 1 is 0.684 bits per heavy atom. The largest absolute Gasteiger partial charge is 1.00 e. The van der Waals surface area contributed by atoms with Crippen LogP contribution >= 0.6 is 0 Å². The Morgan fingerprint density at radius 3 is 1.68 bits per heavy atom. The van der Waals surface area contributed by atoms with E-state index in [1.807, 2.05) is 0 Å². The summed E-state index contributed by atoms with van der Waals surface area (Å²) in [6, 6.07) is 17.7. The molecule has 4 rings (SSSR count). The molecule has 0 saturated carbocycles. The van der Waals surface area contributed by atoms with Crippen molar-refractivity contribution in [1.29, 1.82) is 0 Å². The summed E-state index contributed by atoms with van der Waals surface area (Å²) >= 11 is -0.0859. The van der Waals surface area contributed by atoms with Crippen LogP contribution in [0, 0.1) is 0 Å². The van der Waals surface area contributed by atoms with Gasteiger partial charge < -0.3 is 2.85 Å². The fraction of sp³-hybridized carbons (Fsp3) is 0.111. The number of hydrogen-bond donors (Lipinski definition) is 0. The third-order valence-electron chi connectivity index (χ3n) is 3.96. The van der Waals surface area contributed by atoms with Crippen molar-refractivity contribution in [3.05, 3.63) is 82.9 Å². The Bertz CT molecular complexity index is 632. The number of rotatable bonds is 2. The molecule has 92 valence electrons. The molecule has 0 heterocycles. The fourth-order valence-corrected chi connectivity index (χ4v) is 5.62. The van der Waals surface area contributed by atoms with Crippen LogP contribution in [0.5, 0.6) is 0 Å². The zero-order valence-electron chi connectivity index (χ0n) is 12.6. The van der Waals surface area contributed by atoms with Crippen LogP contribution in [0.1, 0.15) is 33.6 Å². The first kappa shape index (κ1) is 11.5. The van der Waals surface area contributed by atoms with E-state index in [1.54, 1.807) is 11.1 Å². The molecule has 2 unspecified atom stereocenters. The van der Waals surface area contributed by atoms with Crippen molar-refractivity contribution in [3.63, 3.8) is 0 Å². The first-order valence-corrected chi connectivity index (χ1v) is 8.52. The van der Waals surface area contributed by atoms with Gasteiger partial charge in [0.2, 0.25) is 0 Å². The smallest absolute Gasteiger partial charge is 1.00 e. The van der Waals surface area contributed by atoms with Crippen LogP contribution in [0.15, 0.2) is 60.7 Å². The molecule has 0 amide bonds. The number of benzene rings is 2. The van der Waals surface area contributed by atoms with Crippen LogP contribution < -0.4 is 0 Å². The van der Waals surface area contributed by atoms with Gasteiger partial charge in [-0.25, -0.2) is 0 Å². The van der Waals surface area contributed by atoms with Crippen LogP contribution in [-0.2, 0) is 19.2 Å². The summed E-state index contributed by atoms with van der Waals surface area (Å²) in [5.41, 5.74) is 5.93. The number of hydrogen-bond acceptors (Lipinski definition) is 0. The van der Waals surface area contributed by atoms with Gasteiger partial charge in [-0.3, -0.25) is 0 Å². The van der Waals surface area contributed by atoms with Crippen molar-refractivity contribution < 1.29 is 22.0 Å². The zero-order valence-corrected chi connectivity index (χ0v) is 12.1. The molecule has 1 heteroatoms. The zero-order chi connectivity index (χ0) is 12.7. The van der Waals surface area contributed by atoms with Gasteiger partial charge in [-0.05, 0) is 0 Å². The maximum Gasteiger partial charge on any atom is -1.00 e. The second-order valence-corrected chi connectivity index (χ2v) is 7.56. The molecular formula is C18H16Ti. The summed E-state index contributed by atoms with van der Waals surface area (Å²) in [6.45, 7) is 0. The third kappa shape index (κ3) is 1.96. The van der Waals surface area contributed by atoms with Crippen molar-refractivity contribution in [2.45, 2.75) is 8.45 Å². The summed E-state index contributed by atoms with van der Waals surface area (Å²) in [4.78, 5) is 0. The molecule has 0 N–H and O–H groups in total. The molecule has 0 aliphatic heterocycles. The number of allylic oxidation sites excluding steroid dienone is 2. The topological polar surface area (TPSA) is 0 Å². The average molecular weight is 280 g/mol. The van der Waals surface area contributed by atoms with Gasteiger partial charge in [0.25, 0.3) is 0 Å². The van der Waals surface area contributed by atoms with Crippen molar-refractivity contribution in [3.8, 4) is 0 Å². The minimum Gasteiger partial charge on any atom is -1.00 e. The van der Waals surface area contributed by atoms with Crippen molar-refractivity contribution in [2.75, 3.05) is 0 Å². The first-order valence-electron chi connectivity index (χ1n) is 6.72. The van der Waals surface area contributed by atoms with Gasteiger partial charge in [-0.2, -0.15) is 0 Å². The molecule has 2 aromatic rings. The molecule has 0 nitrogen and oxygen atoms in total. The SMILES string of the molecule is C1=C[CH]([Ti+2][CH]2C=Cc3ccccc32)c2ccccc21.[H-].[H-]. The maximum absolute atomic E-state index is 2.42. The van der Waals surface area contributed by atoms with E-state index in [2.05, 4.69) is 72.8 Å². The average Bonchev–Trinajstić information content (AvgIpc) is 3.05. The molecule has 2 aliphatic carbocycles. The molecule has 0 saturated heterocycles. The van der Waals surface area contributed by atoms with Gasteiger partial charge in [0.1, 0.15) is 0 Å². The third-order valence-corrected chi connectivity index (χ3v) is 6.65. The van der Waals surface area contributed by atoms with E-state index < -0.39 is 0 Å². The quantitative estimate of drug-likeness (QED) is 0.691. The summed E-state index contributed by atoms with van der Waals surface area (Å²) in [5, 5.41) is 0. The molecule has 0 bridgehead atoms. The van der Waals surface area contributed by atoms with Gasteiger partial charge in [-0.15, -0.1) is 0 Å². The summed E-state index contributed by atoms with van der Waals surface area (Å²) in [5.74, 6) is 0. The second kappa shape index (κ2) is 4.63. The Hall–Kier alpha value is -1.37. The van der Waals surface area contributed by atoms with Crippen LogP contribution in [0.4, 0.5) is 0 Å². The van der Waals surface area contributed by atoms with Gasteiger partial charge in [-0.1, -0.05) is 0 Å². The molecule has 2 aliphatic rings. The predicted molar refractivity (Wildman–Crippen MR) is 78.7 cm³/mol. The Labute approximate surface area is 125 Å². The predicted octanol–water partition coefficient (Wildman–Crippen LogP) is 4.83. The monoisotopic (exact) mass is 280 g/mol. The van der Waals surface area contributed by atoms with Crippen molar-refractivity contribution in [1.82, 2.24) is 0 Å². The van der Waals surface area contributed by atoms with E-state index in [1.165, 1.54) is 11.1 Å². The van der Waals surface area contributed by atoms with Gasteiger partial charge in [0.15, 0.2) is 0 Å². The van der Waals surface area contributed by atoms with Crippen LogP contribution in [0.25, 0.3) is 12.2 Å². The first-order chi connectivity index (χ1) is 9.42. The molecule has 0 radical (unpaired) electrons. The Balaban J connectivity index is 0.000000807. The van der Waals surface area contributed by atoms with Crippen molar-refractivity contribution in [2.24, 2.45) is 0 Å². The number of fused-ring (bicyclic) bond motifs is 2. The standard InChI is InChI=1S/2C9H7.Ti.2H/c2*1-2-5-9-7-3-6-8(9)4-1;;;/h2*1-7H;;;/q;;+2;2*-1. The van der Waals surface area contributed by atoms with E-state index in [9.17, 15) is 0 Å². The van der Waals surface area contributed by atoms with Gasteiger partial charge >= 0.3 is 123 Å². The molecular weight excluding hydrogens is 264 g/mol. The van der Waals surface area contributed by atoms with Gasteiger partial charge in [0.05, 0.1) is 0 Å². The minimum atomic E-state index is -0.0859. The molecule has 0 fully saturated rings. The molecule has 2 atom stereocenters.